The average molecular weight is 916 g/mol. The fraction of sp³-hybridized carbons (Fsp3) is 0.0164. The zero-order chi connectivity index (χ0) is 48.2. The summed E-state index contributed by atoms with van der Waals surface area (Å²) in [5, 5.41) is 39.6. The van der Waals surface area contributed by atoms with E-state index in [0.717, 1.165) is 83.8 Å². The number of rotatable bonds is 6. The number of para-hydroxylation sites is 3. The number of aromatic nitrogens is 1. The monoisotopic (exact) mass is 916 g/mol. The van der Waals surface area contributed by atoms with Crippen molar-refractivity contribution in [3.8, 4) is 39.4 Å². The van der Waals surface area contributed by atoms with Gasteiger partial charge in [0.05, 0.1) is 27.8 Å². The van der Waals surface area contributed by atoms with E-state index in [1.165, 1.54) is 22.3 Å². The minimum atomic E-state index is -1.56. The van der Waals surface area contributed by atoms with Crippen LogP contribution in [0.3, 0.4) is 0 Å². The van der Waals surface area contributed by atoms with Gasteiger partial charge < -0.3 is 34.3 Å². The summed E-state index contributed by atoms with van der Waals surface area (Å²) >= 11 is 0. The van der Waals surface area contributed by atoms with Gasteiger partial charge in [0.15, 0.2) is 0 Å². The van der Waals surface area contributed by atoms with E-state index in [2.05, 4.69) is 161 Å². The number of benzene rings is 10. The Balaban J connectivity index is 0.000000175. The number of hydrogen-bond acceptors (Lipinski definition) is 6. The van der Waals surface area contributed by atoms with Crippen LogP contribution in [0.1, 0.15) is 22.3 Å². The molecule has 0 saturated heterocycles. The van der Waals surface area contributed by atoms with Crippen LogP contribution in [0.5, 0.6) is 11.5 Å². The van der Waals surface area contributed by atoms with Crippen LogP contribution in [-0.2, 0) is 5.41 Å². The van der Waals surface area contributed by atoms with Gasteiger partial charge in [0, 0.05) is 33.3 Å². The Morgan fingerprint density at radius 1 is 0.380 bits per heavy atom. The molecule has 0 fully saturated rings. The largest absolute Gasteiger partial charge is 0.488 e. The number of anilines is 3. The van der Waals surface area contributed by atoms with Gasteiger partial charge in [-0.3, -0.25) is 0 Å². The zero-order valence-electron chi connectivity index (χ0n) is 38.3. The third-order valence-corrected chi connectivity index (χ3v) is 13.9. The molecule has 0 aliphatic carbocycles. The minimum absolute atomic E-state index is 0.384. The second-order valence-electron chi connectivity index (χ2n) is 17.9. The maximum atomic E-state index is 9.49. The quantitative estimate of drug-likeness (QED) is 0.124. The second-order valence-corrected chi connectivity index (χ2v) is 17.9. The summed E-state index contributed by atoms with van der Waals surface area (Å²) in [5.41, 5.74) is 16.1. The summed E-state index contributed by atoms with van der Waals surface area (Å²) in [6, 6.07) is 80.4. The van der Waals surface area contributed by atoms with Crippen LogP contribution < -0.4 is 26.0 Å². The normalized spacial score (nSPS) is 12.8. The van der Waals surface area contributed by atoms with Gasteiger partial charge in [0.25, 0.3) is 0 Å². The van der Waals surface area contributed by atoms with Crippen LogP contribution in [0, 0.1) is 0 Å². The summed E-state index contributed by atoms with van der Waals surface area (Å²) in [6.07, 6.45) is 0. The highest BCUT2D eigenvalue weighted by molar-refractivity contribution is 6.59. The highest BCUT2D eigenvalue weighted by Crippen LogP contribution is 2.63. The molecule has 0 bridgehead atoms. The number of fused-ring (bicyclic) bond motifs is 11. The van der Waals surface area contributed by atoms with E-state index in [-0.39, 0.29) is 0 Å². The standard InChI is InChI=1S/C43H28BNO.C18H15B2NO4/c44-33-22-26-40-38(28-33)43(35-15-7-9-17-41(35)46-42-18-10-8-16-36(42)43)37-27-32(30-13-5-2-6-14-30)21-25-39(37)45(40)34-23-19-31(20-24-34)29-11-3-1-4-12-29;22-19(23)12-6-8-17-15(10-12)16-11-13(20(24)25)7-9-18(16)21(17)14-4-2-1-3-5-14/h1-28H;1-11,22-25H. The molecule has 1 spiro atoms. The smallest absolute Gasteiger partial charge is 0.457 e. The molecule has 336 valence electrons. The van der Waals surface area contributed by atoms with Crippen molar-refractivity contribution in [2.75, 3.05) is 4.90 Å². The first-order valence-electron chi connectivity index (χ1n) is 23.6. The van der Waals surface area contributed by atoms with E-state index in [1.807, 2.05) is 60.7 Å². The molecule has 0 unspecified atom stereocenters. The third-order valence-electron chi connectivity index (χ3n) is 13.9. The van der Waals surface area contributed by atoms with E-state index in [9.17, 15) is 20.1 Å². The lowest BCUT2D eigenvalue weighted by Crippen LogP contribution is -2.40. The van der Waals surface area contributed by atoms with Gasteiger partial charge in [-0.05, 0) is 111 Å². The fourth-order valence-electron chi connectivity index (χ4n) is 10.7. The first-order valence-corrected chi connectivity index (χ1v) is 23.6. The summed E-state index contributed by atoms with van der Waals surface area (Å²) in [5.74, 6) is 1.71. The molecular weight excluding hydrogens is 873 g/mol. The Morgan fingerprint density at radius 3 is 1.38 bits per heavy atom. The molecule has 2 aliphatic rings. The lowest BCUT2D eigenvalue weighted by molar-refractivity contribution is 0.424. The van der Waals surface area contributed by atoms with E-state index in [0.29, 0.717) is 10.9 Å². The van der Waals surface area contributed by atoms with E-state index < -0.39 is 19.7 Å². The van der Waals surface area contributed by atoms with Crippen molar-refractivity contribution < 1.29 is 24.8 Å². The van der Waals surface area contributed by atoms with Crippen molar-refractivity contribution in [2.24, 2.45) is 0 Å². The average Bonchev–Trinajstić information content (AvgIpc) is 3.75. The molecule has 2 radical (unpaired) electrons. The summed E-state index contributed by atoms with van der Waals surface area (Å²) in [7, 11) is 3.54. The van der Waals surface area contributed by atoms with Gasteiger partial charge in [-0.2, -0.15) is 0 Å². The third kappa shape index (κ3) is 7.44. The van der Waals surface area contributed by atoms with Crippen molar-refractivity contribution in [2.45, 2.75) is 5.41 Å². The molecule has 10 aromatic carbocycles. The van der Waals surface area contributed by atoms with Gasteiger partial charge in [-0.1, -0.05) is 175 Å². The predicted molar refractivity (Wildman–Crippen MR) is 290 cm³/mol. The van der Waals surface area contributed by atoms with Crippen LogP contribution in [0.15, 0.2) is 237 Å². The van der Waals surface area contributed by atoms with Crippen molar-refractivity contribution in [3.05, 3.63) is 259 Å². The number of nitrogens with zero attached hydrogens (tertiary/aromatic N) is 2. The van der Waals surface area contributed by atoms with Crippen LogP contribution >= 0.6 is 0 Å². The highest BCUT2D eigenvalue weighted by Gasteiger charge is 2.51. The SMILES string of the molecule is OB(O)c1ccc2c(c1)c1cc(B(O)O)ccc1n2-c1ccccc1.[B]c1ccc2c(c1)C1(c3ccccc3Oc3ccccc31)c1cc(-c3ccccc3)ccc1N2c1ccc(-c2ccccc2)cc1. The maximum absolute atomic E-state index is 9.49. The van der Waals surface area contributed by atoms with Crippen LogP contribution in [0.2, 0.25) is 0 Å². The minimum Gasteiger partial charge on any atom is -0.457 e. The molecule has 11 aromatic rings. The Morgan fingerprint density at radius 2 is 0.831 bits per heavy atom. The van der Waals surface area contributed by atoms with Crippen LogP contribution in [0.25, 0.3) is 49.7 Å². The molecular formula is C61H43B3N2O5. The van der Waals surface area contributed by atoms with E-state index in [4.69, 9.17) is 12.6 Å². The topological polar surface area (TPSA) is 98.3 Å². The fourth-order valence-corrected chi connectivity index (χ4v) is 10.7. The molecule has 4 N–H and O–H groups in total. The Hall–Kier alpha value is -8.37. The molecule has 1 aromatic heterocycles. The number of hydrogen-bond donors (Lipinski definition) is 4. The van der Waals surface area contributed by atoms with Crippen molar-refractivity contribution in [1.82, 2.24) is 4.57 Å². The second kappa shape index (κ2) is 17.9. The van der Waals surface area contributed by atoms with Crippen molar-refractivity contribution in [1.29, 1.82) is 0 Å². The molecule has 71 heavy (non-hydrogen) atoms. The molecule has 10 heteroatoms. The molecule has 0 amide bonds. The summed E-state index contributed by atoms with van der Waals surface area (Å²) in [4.78, 5) is 2.39. The predicted octanol–water partition coefficient (Wildman–Crippen LogP) is 10.2. The molecule has 13 rings (SSSR count). The zero-order valence-corrected chi connectivity index (χ0v) is 38.3. The first-order chi connectivity index (χ1) is 34.8. The molecule has 2 aliphatic heterocycles. The van der Waals surface area contributed by atoms with Gasteiger partial charge in [0.1, 0.15) is 19.3 Å². The van der Waals surface area contributed by atoms with Gasteiger partial charge in [0.2, 0.25) is 0 Å². The lowest BCUT2D eigenvalue weighted by atomic mass is 9.60. The molecule has 0 atom stereocenters. The van der Waals surface area contributed by atoms with E-state index >= 15 is 0 Å². The van der Waals surface area contributed by atoms with Crippen LogP contribution in [-0.4, -0.2) is 46.7 Å². The Bertz CT molecular complexity index is 3660. The first kappa shape index (κ1) is 43.9. The summed E-state index contributed by atoms with van der Waals surface area (Å²) in [6.45, 7) is 0. The molecule has 3 heterocycles. The molecule has 7 nitrogen and oxygen atoms in total. The Labute approximate surface area is 413 Å². The van der Waals surface area contributed by atoms with Gasteiger partial charge in [-0.15, -0.1) is 0 Å². The maximum Gasteiger partial charge on any atom is 0.488 e. The Kier molecular flexibility index (Phi) is 11.0. The van der Waals surface area contributed by atoms with Gasteiger partial charge >= 0.3 is 14.2 Å². The highest BCUT2D eigenvalue weighted by atomic mass is 16.5. The van der Waals surface area contributed by atoms with Crippen molar-refractivity contribution in [3.63, 3.8) is 0 Å². The lowest BCUT2D eigenvalue weighted by Gasteiger charge is -2.49. The van der Waals surface area contributed by atoms with Gasteiger partial charge in [-0.25, -0.2) is 0 Å². The molecule has 0 saturated carbocycles. The van der Waals surface area contributed by atoms with Crippen molar-refractivity contribution >= 4 is 77.3 Å². The van der Waals surface area contributed by atoms with E-state index in [1.54, 1.807) is 24.3 Å². The van der Waals surface area contributed by atoms with Crippen LogP contribution in [0.4, 0.5) is 17.1 Å². The number of ether oxygens (including phenoxy) is 1. The summed E-state index contributed by atoms with van der Waals surface area (Å²) < 4.78 is 8.66.